The summed E-state index contributed by atoms with van der Waals surface area (Å²) in [7, 11) is -2.81. The van der Waals surface area contributed by atoms with Crippen LogP contribution in [-0.2, 0) is 9.84 Å². The lowest BCUT2D eigenvalue weighted by Gasteiger charge is -2.31. The van der Waals surface area contributed by atoms with Gasteiger partial charge in [0.25, 0.3) is 0 Å². The summed E-state index contributed by atoms with van der Waals surface area (Å²) in [4.78, 5) is 2.29. The molecule has 3 nitrogen and oxygen atoms in total. The minimum absolute atomic E-state index is 0.329. The van der Waals surface area contributed by atoms with Crippen LogP contribution >= 0.6 is 15.9 Å². The first kappa shape index (κ1) is 14.5. The van der Waals surface area contributed by atoms with Crippen LogP contribution in [0.4, 0.5) is 0 Å². The normalized spacial score (nSPS) is 23.5. The van der Waals surface area contributed by atoms with Crippen molar-refractivity contribution in [2.45, 2.75) is 26.2 Å². The van der Waals surface area contributed by atoms with Gasteiger partial charge in [0.1, 0.15) is 0 Å². The quantitative estimate of drug-likeness (QED) is 0.703. The van der Waals surface area contributed by atoms with Gasteiger partial charge in [-0.25, -0.2) is 8.42 Å². The molecule has 1 atom stereocenters. The molecule has 0 amide bonds. The van der Waals surface area contributed by atoms with Crippen LogP contribution < -0.4 is 0 Å². The Balaban J connectivity index is 2.32. The van der Waals surface area contributed by atoms with E-state index < -0.39 is 9.84 Å². The van der Waals surface area contributed by atoms with Gasteiger partial charge in [0.05, 0.1) is 5.75 Å². The molecule has 1 fully saturated rings. The van der Waals surface area contributed by atoms with Crippen LogP contribution in [0.3, 0.4) is 0 Å². The van der Waals surface area contributed by atoms with Crippen LogP contribution in [0.15, 0.2) is 0 Å². The van der Waals surface area contributed by atoms with Gasteiger partial charge in [0.15, 0.2) is 9.84 Å². The molecule has 5 heteroatoms. The van der Waals surface area contributed by atoms with Gasteiger partial charge in [-0.3, -0.25) is 0 Å². The van der Waals surface area contributed by atoms with E-state index in [2.05, 4.69) is 20.8 Å². The SMILES string of the molecule is CCCS(=O)(=O)CCN1CCCC(CBr)C1. The van der Waals surface area contributed by atoms with Gasteiger partial charge < -0.3 is 4.90 Å². The topological polar surface area (TPSA) is 37.4 Å². The molecule has 16 heavy (non-hydrogen) atoms. The Morgan fingerprint density at radius 2 is 2.12 bits per heavy atom. The Kier molecular flexibility index (Phi) is 6.29. The zero-order valence-electron chi connectivity index (χ0n) is 9.99. The predicted octanol–water partition coefficient (Wildman–Crippen LogP) is 1.92. The minimum atomic E-state index is -2.81. The standard InChI is InChI=1S/C11H22BrNO2S/c1-2-7-16(14,15)8-6-13-5-3-4-11(9-12)10-13/h11H,2-10H2,1H3. The average molecular weight is 312 g/mol. The van der Waals surface area contributed by atoms with E-state index in [-0.39, 0.29) is 0 Å². The smallest absolute Gasteiger partial charge is 0.151 e. The first-order chi connectivity index (χ1) is 7.57. The predicted molar refractivity (Wildman–Crippen MR) is 71.9 cm³/mol. The molecule has 1 rings (SSSR count). The maximum atomic E-state index is 11.6. The molecule has 1 heterocycles. The number of alkyl halides is 1. The summed E-state index contributed by atoms with van der Waals surface area (Å²) in [6.45, 7) is 4.74. The van der Waals surface area contributed by atoms with Gasteiger partial charge in [-0.1, -0.05) is 22.9 Å². The molecule has 0 N–H and O–H groups in total. The van der Waals surface area contributed by atoms with Crippen molar-refractivity contribution in [1.82, 2.24) is 4.90 Å². The first-order valence-corrected chi connectivity index (χ1v) is 9.00. The summed E-state index contributed by atoms with van der Waals surface area (Å²) in [5, 5.41) is 1.03. The van der Waals surface area contributed by atoms with Crippen LogP contribution in [0.2, 0.25) is 0 Å². The summed E-state index contributed by atoms with van der Waals surface area (Å²) in [5.41, 5.74) is 0. The summed E-state index contributed by atoms with van der Waals surface area (Å²) >= 11 is 3.51. The van der Waals surface area contributed by atoms with E-state index in [0.29, 0.717) is 24.0 Å². The monoisotopic (exact) mass is 311 g/mol. The summed E-state index contributed by atoms with van der Waals surface area (Å²) in [5.74, 6) is 1.36. The van der Waals surface area contributed by atoms with Gasteiger partial charge in [0, 0.05) is 24.2 Å². The lowest BCUT2D eigenvalue weighted by molar-refractivity contribution is 0.196. The van der Waals surface area contributed by atoms with Crippen molar-refractivity contribution >= 4 is 25.8 Å². The number of sulfone groups is 1. The molecule has 0 aromatic heterocycles. The highest BCUT2D eigenvalue weighted by atomic mass is 79.9. The van der Waals surface area contributed by atoms with E-state index in [1.807, 2.05) is 6.92 Å². The second kappa shape index (κ2) is 6.97. The number of piperidine rings is 1. The largest absolute Gasteiger partial charge is 0.302 e. The molecular weight excluding hydrogens is 290 g/mol. The molecule has 1 saturated heterocycles. The van der Waals surface area contributed by atoms with Gasteiger partial charge in [-0.05, 0) is 31.7 Å². The van der Waals surface area contributed by atoms with E-state index in [9.17, 15) is 8.42 Å². The first-order valence-electron chi connectivity index (χ1n) is 6.06. The minimum Gasteiger partial charge on any atom is -0.302 e. The molecule has 1 aliphatic heterocycles. The third kappa shape index (κ3) is 5.15. The molecule has 0 radical (unpaired) electrons. The van der Waals surface area contributed by atoms with Crippen molar-refractivity contribution in [3.63, 3.8) is 0 Å². The summed E-state index contributed by atoms with van der Waals surface area (Å²) in [6.07, 6.45) is 3.19. The third-order valence-corrected chi connectivity index (χ3v) is 5.81. The average Bonchev–Trinajstić information content (AvgIpc) is 2.27. The van der Waals surface area contributed by atoms with Crippen molar-refractivity contribution in [3.8, 4) is 0 Å². The van der Waals surface area contributed by atoms with Crippen molar-refractivity contribution in [3.05, 3.63) is 0 Å². The van der Waals surface area contributed by atoms with Crippen LogP contribution in [0.25, 0.3) is 0 Å². The fraction of sp³-hybridized carbons (Fsp3) is 1.00. The number of rotatable bonds is 6. The second-order valence-electron chi connectivity index (χ2n) is 4.61. The highest BCUT2D eigenvalue weighted by molar-refractivity contribution is 9.09. The van der Waals surface area contributed by atoms with Crippen LogP contribution in [0, 0.1) is 5.92 Å². The highest BCUT2D eigenvalue weighted by Gasteiger charge is 2.20. The Hall–Kier alpha value is 0.390. The number of halogens is 1. The Labute approximate surface area is 108 Å². The molecule has 0 spiro atoms. The van der Waals surface area contributed by atoms with Crippen molar-refractivity contribution in [2.75, 3.05) is 36.5 Å². The van der Waals surface area contributed by atoms with E-state index in [0.717, 1.165) is 24.8 Å². The fourth-order valence-corrected chi connectivity index (χ4v) is 4.05. The van der Waals surface area contributed by atoms with Crippen LogP contribution in [-0.4, -0.2) is 49.8 Å². The van der Waals surface area contributed by atoms with Crippen molar-refractivity contribution in [2.24, 2.45) is 5.92 Å². The molecule has 0 saturated carbocycles. The van der Waals surface area contributed by atoms with E-state index in [1.54, 1.807) is 0 Å². The lowest BCUT2D eigenvalue weighted by Crippen LogP contribution is -2.39. The maximum absolute atomic E-state index is 11.6. The van der Waals surface area contributed by atoms with Gasteiger partial charge in [0.2, 0.25) is 0 Å². The van der Waals surface area contributed by atoms with Gasteiger partial charge in [-0.15, -0.1) is 0 Å². The van der Waals surface area contributed by atoms with Crippen molar-refractivity contribution in [1.29, 1.82) is 0 Å². The van der Waals surface area contributed by atoms with Gasteiger partial charge >= 0.3 is 0 Å². The third-order valence-electron chi connectivity index (χ3n) is 3.05. The van der Waals surface area contributed by atoms with Crippen molar-refractivity contribution < 1.29 is 8.42 Å². The van der Waals surface area contributed by atoms with E-state index in [1.165, 1.54) is 12.8 Å². The Morgan fingerprint density at radius 3 is 2.75 bits per heavy atom. The number of nitrogens with zero attached hydrogens (tertiary/aromatic N) is 1. The van der Waals surface area contributed by atoms with E-state index >= 15 is 0 Å². The molecule has 0 aromatic carbocycles. The Morgan fingerprint density at radius 1 is 1.38 bits per heavy atom. The number of hydrogen-bond acceptors (Lipinski definition) is 3. The zero-order chi connectivity index (χ0) is 12.0. The van der Waals surface area contributed by atoms with Gasteiger partial charge in [-0.2, -0.15) is 0 Å². The van der Waals surface area contributed by atoms with E-state index in [4.69, 9.17) is 0 Å². The van der Waals surface area contributed by atoms with Crippen LogP contribution in [0.1, 0.15) is 26.2 Å². The fourth-order valence-electron chi connectivity index (χ4n) is 2.16. The molecule has 1 unspecified atom stereocenters. The van der Waals surface area contributed by atoms with Crippen LogP contribution in [0.5, 0.6) is 0 Å². The molecule has 1 aliphatic rings. The summed E-state index contributed by atoms with van der Waals surface area (Å²) < 4.78 is 23.2. The molecule has 96 valence electrons. The lowest BCUT2D eigenvalue weighted by atomic mass is 10.0. The maximum Gasteiger partial charge on any atom is 0.151 e. The molecule has 0 bridgehead atoms. The molecule has 0 aromatic rings. The second-order valence-corrected chi connectivity index (χ2v) is 7.57. The zero-order valence-corrected chi connectivity index (χ0v) is 12.4. The Bertz CT molecular complexity index is 292. The highest BCUT2D eigenvalue weighted by Crippen LogP contribution is 2.18. The summed E-state index contributed by atoms with van der Waals surface area (Å²) in [6, 6.07) is 0. The number of hydrogen-bond donors (Lipinski definition) is 0. The number of likely N-dealkylation sites (tertiary alicyclic amines) is 1. The molecular formula is C11H22BrNO2S. The molecule has 0 aliphatic carbocycles.